The molecule has 162 valence electrons. The monoisotopic (exact) mass is 453 g/mol. The van der Waals surface area contributed by atoms with Crippen molar-refractivity contribution in [3.63, 3.8) is 0 Å². The van der Waals surface area contributed by atoms with E-state index in [0.717, 1.165) is 0 Å². The van der Waals surface area contributed by atoms with E-state index < -0.39 is 17.7 Å². The minimum absolute atomic E-state index is 0.174. The van der Waals surface area contributed by atoms with Crippen LogP contribution in [-0.2, 0) is 20.7 Å². The van der Waals surface area contributed by atoms with Gasteiger partial charge in [-0.25, -0.2) is 4.79 Å². The fourth-order valence-electron chi connectivity index (χ4n) is 3.03. The van der Waals surface area contributed by atoms with Crippen LogP contribution >= 0.6 is 23.2 Å². The number of amides is 1. The molecule has 0 unspecified atom stereocenters. The number of ether oxygens (including phenoxy) is 2. The normalized spacial score (nSPS) is 12.3. The molecule has 0 spiro atoms. The third kappa shape index (κ3) is 5.65. The first-order valence-electron chi connectivity index (χ1n) is 9.40. The van der Waals surface area contributed by atoms with E-state index in [4.69, 9.17) is 32.7 Å². The SMILES string of the molecule is CCN(C(=O)C(C)(C)Oc1cccc(C[C@H](OC)C(=O)O)c1)c1c(Cl)cccc1Cl. The van der Waals surface area contributed by atoms with Crippen molar-refractivity contribution < 1.29 is 24.2 Å². The zero-order chi connectivity index (χ0) is 22.5. The first-order chi connectivity index (χ1) is 14.1. The number of para-hydroxylation sites is 1. The fourth-order valence-corrected chi connectivity index (χ4v) is 3.64. The topological polar surface area (TPSA) is 76.1 Å². The molecular formula is C22H25Cl2NO5. The van der Waals surface area contributed by atoms with Crippen LogP contribution in [0, 0.1) is 0 Å². The Labute approximate surface area is 186 Å². The number of hydrogen-bond acceptors (Lipinski definition) is 4. The summed E-state index contributed by atoms with van der Waals surface area (Å²) >= 11 is 12.6. The van der Waals surface area contributed by atoms with E-state index in [0.29, 0.717) is 33.6 Å². The third-order valence-electron chi connectivity index (χ3n) is 4.54. The molecule has 0 bridgehead atoms. The molecular weight excluding hydrogens is 429 g/mol. The molecule has 0 aliphatic heterocycles. The second kappa shape index (κ2) is 10.2. The summed E-state index contributed by atoms with van der Waals surface area (Å²) in [5.74, 6) is -0.923. The van der Waals surface area contributed by atoms with Gasteiger partial charge in [-0.1, -0.05) is 41.4 Å². The maximum absolute atomic E-state index is 13.3. The predicted molar refractivity (Wildman–Crippen MR) is 118 cm³/mol. The van der Waals surface area contributed by atoms with Crippen molar-refractivity contribution in [1.82, 2.24) is 0 Å². The second-order valence-corrected chi connectivity index (χ2v) is 7.96. The van der Waals surface area contributed by atoms with Gasteiger partial charge in [0.2, 0.25) is 0 Å². The van der Waals surface area contributed by atoms with Gasteiger partial charge >= 0.3 is 5.97 Å². The quantitative estimate of drug-likeness (QED) is 0.587. The standard InChI is InChI=1S/C22H25Cl2NO5/c1-5-25(19-16(23)10-7-11-17(19)24)21(28)22(2,3)30-15-9-6-8-14(12-15)13-18(29-4)20(26)27/h6-12,18H,5,13H2,1-4H3,(H,26,27)/t18-/m0/s1. The summed E-state index contributed by atoms with van der Waals surface area (Å²) < 4.78 is 11.0. The molecule has 6 nitrogen and oxygen atoms in total. The largest absolute Gasteiger partial charge is 0.479 e. The first-order valence-corrected chi connectivity index (χ1v) is 10.2. The number of rotatable bonds is 9. The smallest absolute Gasteiger partial charge is 0.333 e. The van der Waals surface area contributed by atoms with Crippen molar-refractivity contribution in [2.24, 2.45) is 0 Å². The average molecular weight is 454 g/mol. The number of carbonyl (C=O) groups excluding carboxylic acids is 1. The number of aliphatic carboxylic acids is 1. The van der Waals surface area contributed by atoms with E-state index in [1.165, 1.54) is 12.0 Å². The van der Waals surface area contributed by atoms with Crippen LogP contribution in [0.4, 0.5) is 5.69 Å². The molecule has 0 aromatic heterocycles. The van der Waals surface area contributed by atoms with E-state index in [1.54, 1.807) is 56.3 Å². The van der Waals surface area contributed by atoms with Crippen molar-refractivity contribution in [3.8, 4) is 5.75 Å². The highest BCUT2D eigenvalue weighted by Crippen LogP contribution is 2.35. The zero-order valence-electron chi connectivity index (χ0n) is 17.3. The van der Waals surface area contributed by atoms with Gasteiger partial charge in [-0.15, -0.1) is 0 Å². The van der Waals surface area contributed by atoms with Gasteiger partial charge in [-0.05, 0) is 50.6 Å². The van der Waals surface area contributed by atoms with E-state index in [1.807, 2.05) is 6.92 Å². The van der Waals surface area contributed by atoms with Crippen LogP contribution in [0.5, 0.6) is 5.75 Å². The maximum Gasteiger partial charge on any atom is 0.333 e. The van der Waals surface area contributed by atoms with Gasteiger partial charge in [0.05, 0.1) is 15.7 Å². The van der Waals surface area contributed by atoms with Gasteiger partial charge in [0.1, 0.15) is 5.75 Å². The Kier molecular flexibility index (Phi) is 8.12. The Bertz CT molecular complexity index is 896. The van der Waals surface area contributed by atoms with Crippen LogP contribution < -0.4 is 9.64 Å². The third-order valence-corrected chi connectivity index (χ3v) is 5.15. The summed E-state index contributed by atoms with van der Waals surface area (Å²) in [6.07, 6.45) is -0.791. The maximum atomic E-state index is 13.3. The van der Waals surface area contributed by atoms with Gasteiger partial charge in [-0.2, -0.15) is 0 Å². The summed E-state index contributed by atoms with van der Waals surface area (Å²) in [5.41, 5.74) is -0.0837. The van der Waals surface area contributed by atoms with E-state index in [2.05, 4.69) is 0 Å². The van der Waals surface area contributed by atoms with Gasteiger partial charge in [0, 0.05) is 20.1 Å². The molecule has 0 aliphatic rings. The van der Waals surface area contributed by atoms with Crippen molar-refractivity contribution in [2.45, 2.75) is 38.9 Å². The molecule has 8 heteroatoms. The Morgan fingerprint density at radius 2 is 1.73 bits per heavy atom. The van der Waals surface area contributed by atoms with Crippen LogP contribution in [0.2, 0.25) is 10.0 Å². The molecule has 0 saturated carbocycles. The number of halogens is 2. The van der Waals surface area contributed by atoms with E-state index in [9.17, 15) is 14.7 Å². The minimum Gasteiger partial charge on any atom is -0.479 e. The lowest BCUT2D eigenvalue weighted by molar-refractivity contribution is -0.148. The van der Waals surface area contributed by atoms with Gasteiger partial charge in [0.25, 0.3) is 5.91 Å². The summed E-state index contributed by atoms with van der Waals surface area (Å²) in [5, 5.41) is 9.92. The molecule has 30 heavy (non-hydrogen) atoms. The van der Waals surface area contributed by atoms with Crippen molar-refractivity contribution >= 4 is 40.8 Å². The summed E-state index contributed by atoms with van der Waals surface area (Å²) in [4.78, 5) is 26.0. The van der Waals surface area contributed by atoms with Gasteiger partial charge in [0.15, 0.2) is 11.7 Å². The fraction of sp³-hybridized carbons (Fsp3) is 0.364. The van der Waals surface area contributed by atoms with Crippen LogP contribution in [0.3, 0.4) is 0 Å². The zero-order valence-corrected chi connectivity index (χ0v) is 18.8. The van der Waals surface area contributed by atoms with E-state index in [-0.39, 0.29) is 12.3 Å². The van der Waals surface area contributed by atoms with Crippen molar-refractivity contribution in [1.29, 1.82) is 0 Å². The lowest BCUT2D eigenvalue weighted by Crippen LogP contribution is -2.49. The Morgan fingerprint density at radius 1 is 1.13 bits per heavy atom. The molecule has 2 aromatic carbocycles. The van der Waals surface area contributed by atoms with Crippen molar-refractivity contribution in [2.75, 3.05) is 18.6 Å². The number of carboxylic acids is 1. The summed E-state index contributed by atoms with van der Waals surface area (Å²) in [6.45, 7) is 5.49. The summed E-state index contributed by atoms with van der Waals surface area (Å²) in [6, 6.07) is 12.0. The van der Waals surface area contributed by atoms with Crippen LogP contribution in [0.25, 0.3) is 0 Å². The molecule has 1 atom stereocenters. The molecule has 0 aliphatic carbocycles. The molecule has 0 heterocycles. The molecule has 2 aromatic rings. The number of likely N-dealkylation sites (N-methyl/N-ethyl adjacent to an activating group) is 1. The highest BCUT2D eigenvalue weighted by atomic mass is 35.5. The predicted octanol–water partition coefficient (Wildman–Crippen LogP) is 4.85. The van der Waals surface area contributed by atoms with Crippen molar-refractivity contribution in [3.05, 3.63) is 58.1 Å². The molecule has 0 fully saturated rings. The molecule has 1 N–H and O–H groups in total. The summed E-state index contributed by atoms with van der Waals surface area (Å²) in [7, 11) is 1.35. The number of methoxy groups -OCH3 is 1. The minimum atomic E-state index is -1.23. The average Bonchev–Trinajstić information content (AvgIpc) is 2.68. The molecule has 0 radical (unpaired) electrons. The molecule has 2 rings (SSSR count). The number of anilines is 1. The number of hydrogen-bond donors (Lipinski definition) is 1. The molecule has 0 saturated heterocycles. The Hall–Kier alpha value is -2.28. The lowest BCUT2D eigenvalue weighted by Gasteiger charge is -2.32. The first kappa shape index (κ1) is 24.0. The van der Waals surface area contributed by atoms with Crippen LogP contribution in [0.15, 0.2) is 42.5 Å². The number of benzene rings is 2. The number of carbonyl (C=O) groups is 2. The Morgan fingerprint density at radius 3 is 2.27 bits per heavy atom. The van der Waals surface area contributed by atoms with Crippen LogP contribution in [0.1, 0.15) is 26.3 Å². The molecule has 1 amide bonds. The number of carboxylic acid groups (broad SMARTS) is 1. The number of nitrogens with zero attached hydrogens (tertiary/aromatic N) is 1. The lowest BCUT2D eigenvalue weighted by atomic mass is 10.1. The highest BCUT2D eigenvalue weighted by Gasteiger charge is 2.36. The second-order valence-electron chi connectivity index (χ2n) is 7.15. The van der Waals surface area contributed by atoms with E-state index >= 15 is 0 Å². The highest BCUT2D eigenvalue weighted by molar-refractivity contribution is 6.40. The van der Waals surface area contributed by atoms with Gasteiger partial charge in [-0.3, -0.25) is 4.79 Å². The van der Waals surface area contributed by atoms with Crippen LogP contribution in [-0.4, -0.2) is 42.3 Å². The Balaban J connectivity index is 2.26. The van der Waals surface area contributed by atoms with Gasteiger partial charge < -0.3 is 19.5 Å².